The van der Waals surface area contributed by atoms with Gasteiger partial charge in [-0.2, -0.15) is 0 Å². The number of halogens is 1. The van der Waals surface area contributed by atoms with E-state index < -0.39 is 0 Å². The van der Waals surface area contributed by atoms with E-state index in [1.54, 1.807) is 12.1 Å². The molecule has 2 unspecified atom stereocenters. The molecule has 1 aromatic rings. The van der Waals surface area contributed by atoms with E-state index in [9.17, 15) is 9.18 Å². The number of rotatable bonds is 6. The molecule has 0 aromatic heterocycles. The highest BCUT2D eigenvalue weighted by molar-refractivity contribution is 5.95. The van der Waals surface area contributed by atoms with Crippen LogP contribution in [0.1, 0.15) is 36.5 Å². The van der Waals surface area contributed by atoms with Gasteiger partial charge in [0.05, 0.1) is 6.10 Å². The van der Waals surface area contributed by atoms with Gasteiger partial charge in [-0.05, 0) is 57.6 Å². The molecule has 2 atom stereocenters. The van der Waals surface area contributed by atoms with Crippen LogP contribution in [0.4, 0.5) is 4.39 Å². The summed E-state index contributed by atoms with van der Waals surface area (Å²) in [7, 11) is 2.08. The van der Waals surface area contributed by atoms with Crippen molar-refractivity contribution >= 4 is 5.78 Å². The predicted molar refractivity (Wildman–Crippen MR) is 76.4 cm³/mol. The molecule has 1 aromatic carbocycles. The molecule has 0 radical (unpaired) electrons. The summed E-state index contributed by atoms with van der Waals surface area (Å²) in [5.41, 5.74) is 0.589. The van der Waals surface area contributed by atoms with E-state index in [-0.39, 0.29) is 17.7 Å². The molecule has 1 aliphatic heterocycles. The zero-order valence-electron chi connectivity index (χ0n) is 12.1. The molecule has 0 spiro atoms. The second-order valence-corrected chi connectivity index (χ2v) is 5.45. The number of Topliss-reactive ketones (excluding diaryl/α,β-unsaturated/α-hetero) is 1. The summed E-state index contributed by atoms with van der Waals surface area (Å²) >= 11 is 0. The first-order chi connectivity index (χ1) is 9.58. The Hall–Kier alpha value is -1.26. The molecule has 1 saturated heterocycles. The average molecular weight is 279 g/mol. The molecule has 1 aliphatic rings. The first kappa shape index (κ1) is 15.1. The van der Waals surface area contributed by atoms with E-state index in [0.717, 1.165) is 26.0 Å². The van der Waals surface area contributed by atoms with Crippen LogP contribution in [0, 0.1) is 5.82 Å². The summed E-state index contributed by atoms with van der Waals surface area (Å²) in [4.78, 5) is 14.2. The highest BCUT2D eigenvalue weighted by Crippen LogP contribution is 2.18. The van der Waals surface area contributed by atoms with E-state index in [2.05, 4.69) is 18.9 Å². The fourth-order valence-corrected chi connectivity index (χ4v) is 2.73. The summed E-state index contributed by atoms with van der Waals surface area (Å²) in [6.45, 7) is 3.80. The second kappa shape index (κ2) is 6.95. The Balaban J connectivity index is 1.75. The summed E-state index contributed by atoms with van der Waals surface area (Å²) in [6, 6.07) is 6.21. The molecule has 2 rings (SSSR count). The third-order valence-corrected chi connectivity index (χ3v) is 3.98. The third-order valence-electron chi connectivity index (χ3n) is 3.98. The summed E-state index contributed by atoms with van der Waals surface area (Å²) in [5.74, 6) is -0.231. The van der Waals surface area contributed by atoms with Gasteiger partial charge in [-0.3, -0.25) is 4.79 Å². The molecule has 0 N–H and O–H groups in total. The highest BCUT2D eigenvalue weighted by atomic mass is 19.1. The van der Waals surface area contributed by atoms with Crippen molar-refractivity contribution < 1.29 is 13.9 Å². The van der Waals surface area contributed by atoms with Gasteiger partial charge >= 0.3 is 0 Å². The summed E-state index contributed by atoms with van der Waals surface area (Å²) in [5, 5.41) is 0. The van der Waals surface area contributed by atoms with Crippen LogP contribution >= 0.6 is 0 Å². The molecule has 20 heavy (non-hydrogen) atoms. The van der Waals surface area contributed by atoms with Gasteiger partial charge in [0.15, 0.2) is 5.78 Å². The molecule has 0 amide bonds. The van der Waals surface area contributed by atoms with Crippen LogP contribution in [0.25, 0.3) is 0 Å². The number of carbonyl (C=O) groups excluding carboxylic acids is 1. The van der Waals surface area contributed by atoms with Gasteiger partial charge in [0.2, 0.25) is 0 Å². The maximum absolute atomic E-state index is 12.8. The van der Waals surface area contributed by atoms with Crippen molar-refractivity contribution in [3.05, 3.63) is 35.6 Å². The van der Waals surface area contributed by atoms with E-state index in [4.69, 9.17) is 4.74 Å². The molecule has 3 nitrogen and oxygen atoms in total. The highest BCUT2D eigenvalue weighted by Gasteiger charge is 2.27. The Bertz CT molecular complexity index is 446. The molecule has 1 heterocycles. The molecule has 4 heteroatoms. The molecule has 1 fully saturated rings. The van der Waals surface area contributed by atoms with Crippen LogP contribution in [0.5, 0.6) is 0 Å². The van der Waals surface area contributed by atoms with Crippen molar-refractivity contribution in [2.24, 2.45) is 0 Å². The Morgan fingerprint density at radius 3 is 2.70 bits per heavy atom. The van der Waals surface area contributed by atoms with Crippen molar-refractivity contribution in [2.45, 2.75) is 38.3 Å². The average Bonchev–Trinajstić information content (AvgIpc) is 2.85. The number of carbonyl (C=O) groups is 1. The van der Waals surface area contributed by atoms with E-state index in [0.29, 0.717) is 18.0 Å². The first-order valence-corrected chi connectivity index (χ1v) is 7.18. The Kier molecular flexibility index (Phi) is 5.26. The van der Waals surface area contributed by atoms with Crippen LogP contribution < -0.4 is 0 Å². The molecule has 110 valence electrons. The lowest BCUT2D eigenvalue weighted by Crippen LogP contribution is -2.37. The van der Waals surface area contributed by atoms with Crippen molar-refractivity contribution in [1.82, 2.24) is 4.90 Å². The quantitative estimate of drug-likeness (QED) is 0.750. The maximum atomic E-state index is 12.8. The van der Waals surface area contributed by atoms with Gasteiger partial charge in [0, 0.05) is 24.6 Å². The molecule has 0 bridgehead atoms. The number of nitrogens with zero attached hydrogens (tertiary/aromatic N) is 1. The number of benzene rings is 1. The van der Waals surface area contributed by atoms with Gasteiger partial charge < -0.3 is 9.64 Å². The fourth-order valence-electron chi connectivity index (χ4n) is 2.73. The minimum absolute atomic E-state index is 0.0779. The van der Waals surface area contributed by atoms with Crippen LogP contribution in [0.15, 0.2) is 24.3 Å². The SMILES string of the molecule is CC1OCCC1N(C)CCCC(=O)c1ccc(F)cc1. The minimum atomic E-state index is -0.309. The summed E-state index contributed by atoms with van der Waals surface area (Å²) in [6.07, 6.45) is 2.64. The molecule has 0 saturated carbocycles. The van der Waals surface area contributed by atoms with Gasteiger partial charge in [-0.15, -0.1) is 0 Å². The minimum Gasteiger partial charge on any atom is -0.377 e. The maximum Gasteiger partial charge on any atom is 0.162 e. The first-order valence-electron chi connectivity index (χ1n) is 7.18. The number of likely N-dealkylation sites (N-methyl/N-ethyl adjacent to an activating group) is 1. The molecular formula is C16H22FNO2. The number of ketones is 1. The molecular weight excluding hydrogens is 257 g/mol. The van der Waals surface area contributed by atoms with Crippen molar-refractivity contribution in [1.29, 1.82) is 0 Å². The van der Waals surface area contributed by atoms with E-state index in [1.807, 2.05) is 0 Å². The fraction of sp³-hybridized carbons (Fsp3) is 0.562. The van der Waals surface area contributed by atoms with Crippen LogP contribution in [-0.4, -0.2) is 43.0 Å². The zero-order chi connectivity index (χ0) is 14.5. The van der Waals surface area contributed by atoms with Gasteiger partial charge in [0.25, 0.3) is 0 Å². The van der Waals surface area contributed by atoms with Gasteiger partial charge in [-0.25, -0.2) is 4.39 Å². The standard InChI is InChI=1S/C16H22FNO2/c1-12-15(9-11-20-12)18(2)10-3-4-16(19)13-5-7-14(17)8-6-13/h5-8,12,15H,3-4,9-11H2,1-2H3. The van der Waals surface area contributed by atoms with Crippen molar-refractivity contribution in [2.75, 3.05) is 20.2 Å². The van der Waals surface area contributed by atoms with Crippen molar-refractivity contribution in [3.8, 4) is 0 Å². The lowest BCUT2D eigenvalue weighted by molar-refractivity contribution is 0.0821. The van der Waals surface area contributed by atoms with Gasteiger partial charge in [0.1, 0.15) is 5.82 Å². The normalized spacial score (nSPS) is 22.4. The third kappa shape index (κ3) is 3.87. The lowest BCUT2D eigenvalue weighted by atomic mass is 10.1. The lowest BCUT2D eigenvalue weighted by Gasteiger charge is -2.26. The molecule has 0 aliphatic carbocycles. The van der Waals surface area contributed by atoms with Crippen LogP contribution in [0.2, 0.25) is 0 Å². The van der Waals surface area contributed by atoms with Gasteiger partial charge in [-0.1, -0.05) is 0 Å². The number of ether oxygens (including phenoxy) is 1. The predicted octanol–water partition coefficient (Wildman–Crippen LogP) is 2.90. The number of hydrogen-bond acceptors (Lipinski definition) is 3. The largest absolute Gasteiger partial charge is 0.377 e. The van der Waals surface area contributed by atoms with Crippen LogP contribution in [-0.2, 0) is 4.74 Å². The topological polar surface area (TPSA) is 29.5 Å². The summed E-state index contributed by atoms with van der Waals surface area (Å²) < 4.78 is 18.3. The Morgan fingerprint density at radius 2 is 2.10 bits per heavy atom. The van der Waals surface area contributed by atoms with Crippen LogP contribution in [0.3, 0.4) is 0 Å². The Morgan fingerprint density at radius 1 is 1.40 bits per heavy atom. The second-order valence-electron chi connectivity index (χ2n) is 5.45. The Labute approximate surface area is 119 Å². The van der Waals surface area contributed by atoms with Crippen molar-refractivity contribution in [3.63, 3.8) is 0 Å². The zero-order valence-corrected chi connectivity index (χ0v) is 12.1. The smallest absolute Gasteiger partial charge is 0.162 e. The van der Waals surface area contributed by atoms with E-state index in [1.165, 1.54) is 12.1 Å². The van der Waals surface area contributed by atoms with E-state index >= 15 is 0 Å². The number of hydrogen-bond donors (Lipinski definition) is 0. The monoisotopic (exact) mass is 279 g/mol.